The van der Waals surface area contributed by atoms with Crippen LogP contribution < -0.4 is 0 Å². The minimum absolute atomic E-state index is 0.0964. The van der Waals surface area contributed by atoms with Crippen LogP contribution in [0.25, 0.3) is 0 Å². The van der Waals surface area contributed by atoms with E-state index < -0.39 is 57.8 Å². The summed E-state index contributed by atoms with van der Waals surface area (Å²) in [6, 6.07) is 0. The predicted octanol–water partition coefficient (Wildman–Crippen LogP) is 17.0. The van der Waals surface area contributed by atoms with Crippen LogP contribution in [0.4, 0.5) is 0 Å². The molecule has 0 spiro atoms. The van der Waals surface area contributed by atoms with Gasteiger partial charge in [-0.2, -0.15) is 0 Å². The largest absolute Gasteiger partial charge is 0.472 e. The third kappa shape index (κ3) is 53.0. The number of unbranched alkanes of at least 4 members (excludes halogenated alkanes) is 17. The molecule has 0 aromatic carbocycles. The van der Waals surface area contributed by atoms with Gasteiger partial charge in [-0.25, -0.2) is 4.57 Å². The van der Waals surface area contributed by atoms with E-state index in [4.69, 9.17) is 23.3 Å². The average Bonchev–Trinajstić information content (AvgIpc) is 3.39. The van der Waals surface area contributed by atoms with E-state index in [1.54, 1.807) is 0 Å². The van der Waals surface area contributed by atoms with Crippen LogP contribution in [-0.4, -0.2) is 66.5 Å². The van der Waals surface area contributed by atoms with E-state index in [-0.39, 0.29) is 25.9 Å². The number of carbonyl (C=O) groups excluding carboxylic acids is 3. The highest BCUT2D eigenvalue weighted by molar-refractivity contribution is 7.47. The number of hydrogen-bond donors (Lipinski definition) is 2. The van der Waals surface area contributed by atoms with Gasteiger partial charge in [-0.05, 0) is 116 Å². The van der Waals surface area contributed by atoms with Crippen molar-refractivity contribution < 1.29 is 52.2 Å². The number of rotatable bonds is 52. The molecule has 0 saturated carbocycles. The minimum atomic E-state index is -4.78. The zero-order valence-corrected chi connectivity index (χ0v) is 47.4. The molecule has 12 heteroatoms. The second-order valence-electron chi connectivity index (χ2n) is 18.7. The van der Waals surface area contributed by atoms with Crippen LogP contribution >= 0.6 is 7.82 Å². The fraction of sp³-hybridized carbons (Fsp3) is 0.661. The Morgan fingerprint density at radius 3 is 1.14 bits per heavy atom. The maximum absolute atomic E-state index is 12.9. The molecule has 0 amide bonds. The zero-order chi connectivity index (χ0) is 54.1. The maximum Gasteiger partial charge on any atom is 0.472 e. The van der Waals surface area contributed by atoms with Gasteiger partial charge < -0.3 is 24.2 Å². The summed E-state index contributed by atoms with van der Waals surface area (Å²) < 4.78 is 39.4. The van der Waals surface area contributed by atoms with Crippen molar-refractivity contribution in [2.24, 2.45) is 0 Å². The van der Waals surface area contributed by atoms with Crippen molar-refractivity contribution in [3.8, 4) is 0 Å². The van der Waals surface area contributed by atoms with Crippen molar-refractivity contribution in [3.63, 3.8) is 0 Å². The molecule has 0 heterocycles. The summed E-state index contributed by atoms with van der Waals surface area (Å²) in [6.45, 7) is 4.35. The number of carbonyl (C=O) groups is 3. The lowest BCUT2D eigenvalue weighted by Crippen LogP contribution is -2.30. The number of esters is 3. The third-order valence-electron chi connectivity index (χ3n) is 11.7. The number of aliphatic hydroxyl groups is 1. The van der Waals surface area contributed by atoms with E-state index in [0.29, 0.717) is 19.3 Å². The lowest BCUT2D eigenvalue weighted by Gasteiger charge is -2.21. The molecular formula is C62H103O11P. The molecule has 0 radical (unpaired) electrons. The minimum Gasteiger partial charge on any atom is -0.462 e. The van der Waals surface area contributed by atoms with Crippen LogP contribution in [0.2, 0.25) is 0 Å². The van der Waals surface area contributed by atoms with E-state index in [9.17, 15) is 28.9 Å². The highest BCUT2D eigenvalue weighted by Crippen LogP contribution is 2.43. The van der Waals surface area contributed by atoms with Gasteiger partial charge in [0.2, 0.25) is 0 Å². The number of aliphatic hydroxyl groups excluding tert-OH is 1. The van der Waals surface area contributed by atoms with Gasteiger partial charge in [-0.15, -0.1) is 0 Å². The molecule has 3 atom stereocenters. The molecule has 0 aromatic rings. The van der Waals surface area contributed by atoms with Crippen molar-refractivity contribution in [2.75, 3.05) is 26.4 Å². The first-order valence-electron chi connectivity index (χ1n) is 28.8. The molecule has 0 rings (SSSR count). The Labute approximate surface area is 450 Å². The topological polar surface area (TPSA) is 155 Å². The third-order valence-corrected chi connectivity index (χ3v) is 12.6. The van der Waals surface area contributed by atoms with E-state index >= 15 is 0 Å². The fourth-order valence-corrected chi connectivity index (χ4v) is 8.07. The maximum atomic E-state index is 12.9. The summed E-state index contributed by atoms with van der Waals surface area (Å²) >= 11 is 0. The first-order chi connectivity index (χ1) is 36.2. The van der Waals surface area contributed by atoms with Gasteiger partial charge in [-0.1, -0.05) is 201 Å². The molecule has 3 unspecified atom stereocenters. The Hall–Kier alpha value is -3.86. The molecule has 11 nitrogen and oxygen atoms in total. The van der Waals surface area contributed by atoms with Crippen LogP contribution in [-0.2, 0) is 42.2 Å². The fourth-order valence-electron chi connectivity index (χ4n) is 7.29. The van der Waals surface area contributed by atoms with Gasteiger partial charge in [-0.3, -0.25) is 23.4 Å². The quantitative estimate of drug-likeness (QED) is 0.0197. The average molecular weight is 1060 g/mol. The lowest BCUT2D eigenvalue weighted by molar-refractivity contribution is -0.161. The second-order valence-corrected chi connectivity index (χ2v) is 20.2. The van der Waals surface area contributed by atoms with Gasteiger partial charge in [0.15, 0.2) is 6.10 Å². The molecule has 2 N–H and O–H groups in total. The van der Waals surface area contributed by atoms with Crippen molar-refractivity contribution in [1.82, 2.24) is 0 Å². The molecule has 74 heavy (non-hydrogen) atoms. The van der Waals surface area contributed by atoms with Crippen molar-refractivity contribution in [2.45, 2.75) is 238 Å². The normalized spacial score (nSPS) is 14.2. The van der Waals surface area contributed by atoms with Gasteiger partial charge >= 0.3 is 25.7 Å². The van der Waals surface area contributed by atoms with E-state index in [1.165, 1.54) is 44.9 Å². The van der Waals surface area contributed by atoms with Crippen LogP contribution in [0.15, 0.2) is 109 Å². The van der Waals surface area contributed by atoms with Crippen LogP contribution in [0.5, 0.6) is 0 Å². The van der Waals surface area contributed by atoms with Crippen molar-refractivity contribution in [1.29, 1.82) is 0 Å². The molecule has 0 aliphatic carbocycles. The first kappa shape index (κ1) is 70.1. The van der Waals surface area contributed by atoms with E-state index in [1.807, 2.05) is 12.2 Å². The lowest BCUT2D eigenvalue weighted by atomic mass is 10.1. The first-order valence-corrected chi connectivity index (χ1v) is 30.3. The molecule has 0 aromatic heterocycles. The SMILES string of the molecule is CC/C=C\C/C=C\C/C=C\C/C=C\CCC(=O)OCC(COP(=O)(O)OCC(CO)OC(=O)CCCCCCC/C=C\C/C=C\CCCCC)OC(=O)CCCCCCCC/C=C\C/C=C\C/C=C\CCCCC. The van der Waals surface area contributed by atoms with Gasteiger partial charge in [0.25, 0.3) is 0 Å². The molecular weight excluding hydrogens is 952 g/mol. The van der Waals surface area contributed by atoms with Crippen LogP contribution in [0, 0.1) is 0 Å². The zero-order valence-electron chi connectivity index (χ0n) is 46.5. The molecule has 0 aliphatic rings. The molecule has 0 saturated heterocycles. The van der Waals surface area contributed by atoms with Crippen molar-refractivity contribution in [3.05, 3.63) is 109 Å². The Morgan fingerprint density at radius 1 is 0.392 bits per heavy atom. The summed E-state index contributed by atoms with van der Waals surface area (Å²) in [7, 11) is -4.78. The van der Waals surface area contributed by atoms with E-state index in [0.717, 1.165) is 122 Å². The predicted molar refractivity (Wildman–Crippen MR) is 307 cm³/mol. The van der Waals surface area contributed by atoms with Crippen molar-refractivity contribution >= 4 is 25.7 Å². The number of phosphoric ester groups is 1. The Kier molecular flexibility index (Phi) is 52.5. The number of hydrogen-bond acceptors (Lipinski definition) is 10. The molecule has 0 fully saturated rings. The summed E-state index contributed by atoms with van der Waals surface area (Å²) in [5, 5.41) is 9.81. The molecule has 422 valence electrons. The van der Waals surface area contributed by atoms with Crippen LogP contribution in [0.3, 0.4) is 0 Å². The molecule has 0 aliphatic heterocycles. The summed E-state index contributed by atoms with van der Waals surface area (Å²) in [4.78, 5) is 48.5. The number of phosphoric acid groups is 1. The highest BCUT2D eigenvalue weighted by atomic mass is 31.2. The Morgan fingerprint density at radius 2 is 0.730 bits per heavy atom. The van der Waals surface area contributed by atoms with E-state index in [2.05, 4.69) is 118 Å². The monoisotopic (exact) mass is 1050 g/mol. The highest BCUT2D eigenvalue weighted by Gasteiger charge is 2.28. The second kappa shape index (κ2) is 55.4. The summed E-state index contributed by atoms with van der Waals surface area (Å²) in [5.41, 5.74) is 0. The summed E-state index contributed by atoms with van der Waals surface area (Å²) in [5.74, 6) is -1.60. The van der Waals surface area contributed by atoms with Crippen LogP contribution in [0.1, 0.15) is 226 Å². The number of ether oxygens (including phenoxy) is 3. The standard InChI is InChI=1S/C62H103O11P/c1-4-7-10-13-16-19-22-25-27-28-29-30-32-35-38-41-44-47-50-53-62(66)73-59(55-69-60(64)51-48-45-42-39-36-33-24-21-18-15-12-9-6-3)57-71-74(67,68)70-56-58(54-63)72-61(65)52-49-46-43-40-37-34-31-26-23-20-17-14-11-8-5-2/h9,12,16-21,25-27,29-31,33,36,42,45,58-59,63H,4-8,10-11,13-15,22-24,28,32,34-35,37-41,43-44,46-57H2,1-3H3,(H,67,68)/b12-9-,19-16-,20-17-,21-18-,27-25-,30-29-,31-26-,36-33-,45-42-. The smallest absolute Gasteiger partial charge is 0.462 e. The van der Waals surface area contributed by atoms with Gasteiger partial charge in [0.05, 0.1) is 19.8 Å². The van der Waals surface area contributed by atoms with Gasteiger partial charge in [0.1, 0.15) is 12.7 Å². The molecule has 0 bridgehead atoms. The summed E-state index contributed by atoms with van der Waals surface area (Å²) in [6.07, 6.45) is 66.3. The Balaban J connectivity index is 4.82. The Bertz CT molecular complexity index is 1660. The van der Waals surface area contributed by atoms with Gasteiger partial charge in [0, 0.05) is 19.3 Å². The number of allylic oxidation sites excluding steroid dienone is 18.